The zero-order chi connectivity index (χ0) is 22.9. The minimum absolute atomic E-state index is 0.211. The van der Waals surface area contributed by atoms with Gasteiger partial charge in [-0.2, -0.15) is 11.8 Å². The highest BCUT2D eigenvalue weighted by molar-refractivity contribution is 7.98. The van der Waals surface area contributed by atoms with Crippen molar-refractivity contribution in [3.8, 4) is 0 Å². The topological polar surface area (TPSA) is 77.6 Å². The number of carbonyl (C=O) groups excluding carboxylic acids is 2. The van der Waals surface area contributed by atoms with E-state index in [-0.39, 0.29) is 11.8 Å². The molecule has 0 saturated carbocycles. The van der Waals surface area contributed by atoms with Gasteiger partial charge in [0.1, 0.15) is 11.9 Å². The van der Waals surface area contributed by atoms with Gasteiger partial charge in [0.2, 0.25) is 5.91 Å². The summed E-state index contributed by atoms with van der Waals surface area (Å²) in [7, 11) is 2.12. The summed E-state index contributed by atoms with van der Waals surface area (Å²) in [5, 5.41) is 6.17. The molecule has 1 aliphatic rings. The van der Waals surface area contributed by atoms with Crippen molar-refractivity contribution in [3.63, 3.8) is 0 Å². The number of likely N-dealkylation sites (N-methyl/N-ethyl adjacent to an activating group) is 1. The first-order chi connectivity index (χ1) is 15.5. The number of pyridine rings is 1. The van der Waals surface area contributed by atoms with E-state index in [4.69, 9.17) is 11.6 Å². The maximum Gasteiger partial charge on any atom is 0.253 e. The molecule has 2 amide bonds. The van der Waals surface area contributed by atoms with Crippen LogP contribution in [0.5, 0.6) is 0 Å². The summed E-state index contributed by atoms with van der Waals surface area (Å²) < 4.78 is 0. The molecule has 1 unspecified atom stereocenters. The van der Waals surface area contributed by atoms with Crippen molar-refractivity contribution < 1.29 is 9.59 Å². The summed E-state index contributed by atoms with van der Waals surface area (Å²) in [6.45, 7) is 4.25. The second-order valence-corrected chi connectivity index (χ2v) is 9.21. The molecule has 2 N–H and O–H groups in total. The molecule has 32 heavy (non-hydrogen) atoms. The molecule has 0 bridgehead atoms. The van der Waals surface area contributed by atoms with Crippen LogP contribution in [-0.4, -0.2) is 73.0 Å². The van der Waals surface area contributed by atoms with Gasteiger partial charge in [-0.1, -0.05) is 23.7 Å². The number of nitrogens with zero attached hydrogens (tertiary/aromatic N) is 3. The summed E-state index contributed by atoms with van der Waals surface area (Å²) >= 11 is 7.77. The number of hydrogen-bond acceptors (Lipinski definition) is 6. The summed E-state index contributed by atoms with van der Waals surface area (Å²) in [5.74, 6) is 1.12. The molecule has 1 aliphatic heterocycles. The van der Waals surface area contributed by atoms with Crippen molar-refractivity contribution in [2.24, 2.45) is 0 Å². The van der Waals surface area contributed by atoms with Gasteiger partial charge in [0.15, 0.2) is 0 Å². The lowest BCUT2D eigenvalue weighted by atomic mass is 10.1. The highest BCUT2D eigenvalue weighted by Gasteiger charge is 2.22. The third kappa shape index (κ3) is 6.85. The SMILES string of the molecule is CSCCC(NC(=O)c1ccccc1Cl)C(=O)NCc1ccnc(N2CCN(C)CC2)c1. The van der Waals surface area contributed by atoms with E-state index >= 15 is 0 Å². The summed E-state index contributed by atoms with van der Waals surface area (Å²) in [6.07, 6.45) is 4.29. The number of aromatic nitrogens is 1. The van der Waals surface area contributed by atoms with Gasteiger partial charge in [0, 0.05) is 38.9 Å². The van der Waals surface area contributed by atoms with Gasteiger partial charge in [-0.15, -0.1) is 0 Å². The molecule has 0 aliphatic carbocycles. The van der Waals surface area contributed by atoms with Gasteiger partial charge in [0.05, 0.1) is 10.6 Å². The Morgan fingerprint density at radius 3 is 2.66 bits per heavy atom. The zero-order valence-corrected chi connectivity index (χ0v) is 20.1. The van der Waals surface area contributed by atoms with E-state index in [9.17, 15) is 9.59 Å². The second kappa shape index (κ2) is 12.1. The lowest BCUT2D eigenvalue weighted by Crippen LogP contribution is -2.47. The van der Waals surface area contributed by atoms with Gasteiger partial charge in [0.25, 0.3) is 5.91 Å². The van der Waals surface area contributed by atoms with Crippen LogP contribution in [0.15, 0.2) is 42.6 Å². The lowest BCUT2D eigenvalue weighted by molar-refractivity contribution is -0.123. The number of nitrogens with one attached hydrogen (secondary N) is 2. The highest BCUT2D eigenvalue weighted by atomic mass is 35.5. The fourth-order valence-corrected chi connectivity index (χ4v) is 4.17. The minimum atomic E-state index is -0.634. The smallest absolute Gasteiger partial charge is 0.253 e. The van der Waals surface area contributed by atoms with Crippen molar-refractivity contribution in [3.05, 3.63) is 58.7 Å². The normalized spacial score (nSPS) is 15.3. The second-order valence-electron chi connectivity index (χ2n) is 7.82. The number of benzene rings is 1. The fraction of sp³-hybridized carbons (Fsp3) is 0.435. The first-order valence-corrected chi connectivity index (χ1v) is 12.5. The first-order valence-electron chi connectivity index (χ1n) is 10.7. The van der Waals surface area contributed by atoms with E-state index in [1.807, 2.05) is 18.4 Å². The van der Waals surface area contributed by atoms with E-state index in [0.717, 1.165) is 43.3 Å². The number of piperazine rings is 1. The zero-order valence-electron chi connectivity index (χ0n) is 18.5. The third-order valence-electron chi connectivity index (χ3n) is 5.45. The monoisotopic (exact) mass is 475 g/mol. The Kier molecular flexibility index (Phi) is 9.20. The number of hydrogen-bond donors (Lipinski definition) is 2. The lowest BCUT2D eigenvalue weighted by Gasteiger charge is -2.33. The Morgan fingerprint density at radius 2 is 1.94 bits per heavy atom. The van der Waals surface area contributed by atoms with Crippen LogP contribution in [0.2, 0.25) is 5.02 Å². The number of halogens is 1. The first kappa shape index (κ1) is 24.4. The molecule has 2 heterocycles. The van der Waals surface area contributed by atoms with E-state index in [0.29, 0.717) is 23.6 Å². The van der Waals surface area contributed by atoms with Crippen LogP contribution >= 0.6 is 23.4 Å². The number of carbonyl (C=O) groups is 2. The van der Waals surface area contributed by atoms with Crippen molar-refractivity contribution in [1.82, 2.24) is 20.5 Å². The van der Waals surface area contributed by atoms with Crippen LogP contribution in [0, 0.1) is 0 Å². The Morgan fingerprint density at radius 1 is 1.19 bits per heavy atom. The summed E-state index contributed by atoms with van der Waals surface area (Å²) in [5.41, 5.74) is 1.34. The molecule has 1 fully saturated rings. The molecular formula is C23H30ClN5O2S. The molecule has 7 nitrogen and oxygen atoms in total. The van der Waals surface area contributed by atoms with Crippen molar-refractivity contribution >= 4 is 41.0 Å². The number of anilines is 1. The average molecular weight is 476 g/mol. The average Bonchev–Trinajstić information content (AvgIpc) is 2.81. The van der Waals surface area contributed by atoms with Gasteiger partial charge >= 0.3 is 0 Å². The highest BCUT2D eigenvalue weighted by Crippen LogP contribution is 2.16. The standard InChI is InChI=1S/C23H30ClN5O2S/c1-28-10-12-29(13-11-28)21-15-17(7-9-25-21)16-26-23(31)20(8-14-32-2)27-22(30)18-5-3-4-6-19(18)24/h3-7,9,15,20H,8,10-14,16H2,1-2H3,(H,26,31)(H,27,30). The summed E-state index contributed by atoms with van der Waals surface area (Å²) in [4.78, 5) is 34.6. The Hall–Kier alpha value is -2.29. The maximum atomic E-state index is 12.9. The van der Waals surface area contributed by atoms with Gasteiger partial charge < -0.3 is 20.4 Å². The number of thioether (sulfide) groups is 1. The number of rotatable bonds is 9. The fourth-order valence-electron chi connectivity index (χ4n) is 3.48. The molecule has 1 saturated heterocycles. The molecule has 1 aromatic carbocycles. The van der Waals surface area contributed by atoms with Gasteiger partial charge in [-0.05, 0) is 55.3 Å². The molecule has 2 aromatic rings. The van der Waals surface area contributed by atoms with Crippen LogP contribution in [0.1, 0.15) is 22.3 Å². The van der Waals surface area contributed by atoms with Crippen LogP contribution in [0.4, 0.5) is 5.82 Å². The molecule has 1 atom stereocenters. The van der Waals surface area contributed by atoms with E-state index in [2.05, 4.69) is 32.5 Å². The molecule has 172 valence electrons. The van der Waals surface area contributed by atoms with Crippen molar-refractivity contribution in [2.45, 2.75) is 19.0 Å². The molecule has 9 heteroatoms. The predicted octanol–water partition coefficient (Wildman–Crippen LogP) is 2.65. The van der Waals surface area contributed by atoms with Crippen molar-refractivity contribution in [2.75, 3.05) is 50.1 Å². The van der Waals surface area contributed by atoms with Crippen LogP contribution in [0.3, 0.4) is 0 Å². The van der Waals surface area contributed by atoms with Crippen LogP contribution < -0.4 is 15.5 Å². The number of amides is 2. The molecule has 3 rings (SSSR count). The Labute approximate surface area is 198 Å². The van der Waals surface area contributed by atoms with E-state index in [1.54, 1.807) is 42.2 Å². The maximum absolute atomic E-state index is 12.9. The largest absolute Gasteiger partial charge is 0.354 e. The predicted molar refractivity (Wildman–Crippen MR) is 131 cm³/mol. The van der Waals surface area contributed by atoms with Gasteiger partial charge in [-0.25, -0.2) is 4.98 Å². The quantitative estimate of drug-likeness (QED) is 0.580. The summed E-state index contributed by atoms with van der Waals surface area (Å²) in [6, 6.07) is 10.1. The van der Waals surface area contributed by atoms with Gasteiger partial charge in [-0.3, -0.25) is 9.59 Å². The molecular weight excluding hydrogens is 446 g/mol. The van der Waals surface area contributed by atoms with Crippen molar-refractivity contribution in [1.29, 1.82) is 0 Å². The Balaban J connectivity index is 1.61. The van der Waals surface area contributed by atoms with E-state index in [1.165, 1.54) is 0 Å². The van der Waals surface area contributed by atoms with Crippen LogP contribution in [0.25, 0.3) is 0 Å². The van der Waals surface area contributed by atoms with Crippen LogP contribution in [-0.2, 0) is 11.3 Å². The molecule has 1 aromatic heterocycles. The third-order valence-corrected chi connectivity index (χ3v) is 6.43. The minimum Gasteiger partial charge on any atom is -0.354 e. The molecule has 0 spiro atoms. The Bertz CT molecular complexity index is 921. The molecule has 0 radical (unpaired) electrons. The van der Waals surface area contributed by atoms with E-state index < -0.39 is 6.04 Å².